The van der Waals surface area contributed by atoms with Gasteiger partial charge in [-0.15, -0.1) is 0 Å². The molecule has 0 aromatic heterocycles. The maximum absolute atomic E-state index is 5.27. The Labute approximate surface area is 55.1 Å². The van der Waals surface area contributed by atoms with E-state index in [9.17, 15) is 0 Å². The zero-order valence-electron chi connectivity index (χ0n) is 5.51. The molecular formula is C6H13NO2. The average Bonchev–Trinajstić information content (AvgIpc) is 2.34. The van der Waals surface area contributed by atoms with Crippen molar-refractivity contribution in [1.82, 2.24) is 0 Å². The lowest BCUT2D eigenvalue weighted by atomic mass is 10.2. The first kappa shape index (κ1) is 6.99. The van der Waals surface area contributed by atoms with Crippen molar-refractivity contribution in [3.8, 4) is 0 Å². The highest BCUT2D eigenvalue weighted by Gasteiger charge is 2.14. The highest BCUT2D eigenvalue weighted by molar-refractivity contribution is 4.62. The molecule has 9 heavy (non-hydrogen) atoms. The first-order chi connectivity index (χ1) is 4.43. The van der Waals surface area contributed by atoms with E-state index in [0.717, 1.165) is 13.0 Å². The number of rotatable bonds is 3. The Morgan fingerprint density at radius 2 is 2.56 bits per heavy atom. The lowest BCUT2D eigenvalue weighted by molar-refractivity contribution is 0.0194. The number of ether oxygens (including phenoxy) is 2. The van der Waals surface area contributed by atoms with Gasteiger partial charge in [-0.1, -0.05) is 0 Å². The van der Waals surface area contributed by atoms with Crippen LogP contribution in [0.3, 0.4) is 0 Å². The third-order valence-corrected chi connectivity index (χ3v) is 1.45. The van der Waals surface area contributed by atoms with Crippen LogP contribution in [0, 0.1) is 0 Å². The summed E-state index contributed by atoms with van der Waals surface area (Å²) in [6.45, 7) is 1.86. The molecule has 0 spiro atoms. The molecule has 0 aromatic carbocycles. The fraction of sp³-hybridized carbons (Fsp3) is 1.00. The summed E-state index contributed by atoms with van der Waals surface area (Å²) < 4.78 is 10.2. The van der Waals surface area contributed by atoms with Gasteiger partial charge in [-0.05, 0) is 12.8 Å². The van der Waals surface area contributed by atoms with E-state index in [1.807, 2.05) is 0 Å². The van der Waals surface area contributed by atoms with Crippen LogP contribution in [0.15, 0.2) is 0 Å². The molecule has 0 aromatic rings. The van der Waals surface area contributed by atoms with Crippen molar-refractivity contribution in [2.45, 2.75) is 18.9 Å². The maximum Gasteiger partial charge on any atom is 0.0941 e. The van der Waals surface area contributed by atoms with Crippen molar-refractivity contribution in [1.29, 1.82) is 0 Å². The molecule has 3 nitrogen and oxygen atoms in total. The molecular weight excluding hydrogens is 118 g/mol. The monoisotopic (exact) mass is 131 g/mol. The largest absolute Gasteiger partial charge is 0.376 e. The Balaban J connectivity index is 1.98. The molecule has 54 valence electrons. The summed E-state index contributed by atoms with van der Waals surface area (Å²) in [5, 5.41) is 0. The molecule has 1 heterocycles. The fourth-order valence-electron chi connectivity index (χ4n) is 0.975. The Kier molecular flexibility index (Phi) is 2.97. The summed E-state index contributed by atoms with van der Waals surface area (Å²) in [6, 6.07) is 0. The van der Waals surface area contributed by atoms with Crippen molar-refractivity contribution in [3.63, 3.8) is 0 Å². The van der Waals surface area contributed by atoms with Crippen LogP contribution in [0.25, 0.3) is 0 Å². The Bertz CT molecular complexity index is 71.5. The highest BCUT2D eigenvalue weighted by atomic mass is 16.5. The summed E-state index contributed by atoms with van der Waals surface area (Å²) in [5.41, 5.74) is 5.13. The highest BCUT2D eigenvalue weighted by Crippen LogP contribution is 2.11. The summed E-state index contributed by atoms with van der Waals surface area (Å²) >= 11 is 0. The number of hydrogen-bond donors (Lipinski definition) is 1. The quantitative estimate of drug-likeness (QED) is 0.552. The van der Waals surface area contributed by atoms with Crippen LogP contribution < -0.4 is 5.73 Å². The minimum Gasteiger partial charge on any atom is -0.376 e. The molecule has 1 rings (SSSR count). The minimum absolute atomic E-state index is 0.305. The van der Waals surface area contributed by atoms with E-state index in [4.69, 9.17) is 15.2 Å². The molecule has 1 atom stereocenters. The Morgan fingerprint density at radius 1 is 1.67 bits per heavy atom. The van der Waals surface area contributed by atoms with Crippen LogP contribution in [0.1, 0.15) is 12.8 Å². The van der Waals surface area contributed by atoms with Gasteiger partial charge in [-0.2, -0.15) is 0 Å². The molecule has 0 bridgehead atoms. The third kappa shape index (κ3) is 2.30. The maximum atomic E-state index is 5.27. The molecule has 1 aliphatic rings. The van der Waals surface area contributed by atoms with Gasteiger partial charge in [-0.25, -0.2) is 0 Å². The Hall–Kier alpha value is -0.120. The summed E-state index contributed by atoms with van der Waals surface area (Å²) in [7, 11) is 0. The number of nitrogens with two attached hydrogens (primary N) is 1. The van der Waals surface area contributed by atoms with Crippen LogP contribution in [-0.4, -0.2) is 26.0 Å². The summed E-state index contributed by atoms with van der Waals surface area (Å²) in [6.07, 6.45) is 2.60. The minimum atomic E-state index is 0.305. The average molecular weight is 131 g/mol. The van der Waals surface area contributed by atoms with Crippen molar-refractivity contribution in [3.05, 3.63) is 0 Å². The predicted molar refractivity (Wildman–Crippen MR) is 34.0 cm³/mol. The number of hydrogen-bond acceptors (Lipinski definition) is 3. The first-order valence-corrected chi connectivity index (χ1v) is 3.33. The SMILES string of the molecule is NCOC[C@@H]1CCCO1. The van der Waals surface area contributed by atoms with Crippen molar-refractivity contribution in [2.75, 3.05) is 19.9 Å². The van der Waals surface area contributed by atoms with Gasteiger partial charge < -0.3 is 15.2 Å². The molecule has 0 aliphatic carbocycles. The smallest absolute Gasteiger partial charge is 0.0941 e. The van der Waals surface area contributed by atoms with Gasteiger partial charge in [0, 0.05) is 6.61 Å². The second kappa shape index (κ2) is 3.82. The second-order valence-electron chi connectivity index (χ2n) is 2.17. The van der Waals surface area contributed by atoms with Crippen LogP contribution >= 0.6 is 0 Å². The molecule has 0 radical (unpaired) electrons. The van der Waals surface area contributed by atoms with Gasteiger partial charge in [0.05, 0.1) is 19.4 Å². The van der Waals surface area contributed by atoms with E-state index >= 15 is 0 Å². The van der Waals surface area contributed by atoms with E-state index in [2.05, 4.69) is 0 Å². The van der Waals surface area contributed by atoms with Gasteiger partial charge in [0.1, 0.15) is 0 Å². The first-order valence-electron chi connectivity index (χ1n) is 3.33. The van der Waals surface area contributed by atoms with Gasteiger partial charge in [-0.3, -0.25) is 0 Å². The van der Waals surface area contributed by atoms with E-state index in [1.54, 1.807) is 0 Å². The van der Waals surface area contributed by atoms with E-state index in [-0.39, 0.29) is 0 Å². The van der Waals surface area contributed by atoms with E-state index in [1.165, 1.54) is 6.42 Å². The zero-order valence-corrected chi connectivity index (χ0v) is 5.51. The molecule has 3 heteroatoms. The van der Waals surface area contributed by atoms with Gasteiger partial charge >= 0.3 is 0 Å². The van der Waals surface area contributed by atoms with Crippen LogP contribution in [0.4, 0.5) is 0 Å². The van der Waals surface area contributed by atoms with Crippen molar-refractivity contribution < 1.29 is 9.47 Å². The van der Waals surface area contributed by atoms with Crippen LogP contribution in [0.5, 0.6) is 0 Å². The standard InChI is InChI=1S/C6H13NO2/c7-5-8-4-6-2-1-3-9-6/h6H,1-5,7H2/t6-/m0/s1. The third-order valence-electron chi connectivity index (χ3n) is 1.45. The lowest BCUT2D eigenvalue weighted by Gasteiger charge is -2.07. The molecule has 1 saturated heterocycles. The van der Waals surface area contributed by atoms with Gasteiger partial charge in [0.2, 0.25) is 0 Å². The molecule has 2 N–H and O–H groups in total. The van der Waals surface area contributed by atoms with Gasteiger partial charge in [0.15, 0.2) is 0 Å². The van der Waals surface area contributed by atoms with Crippen molar-refractivity contribution >= 4 is 0 Å². The zero-order chi connectivity index (χ0) is 6.53. The van der Waals surface area contributed by atoms with Crippen molar-refractivity contribution in [2.24, 2.45) is 5.73 Å². The summed E-state index contributed by atoms with van der Waals surface area (Å²) in [4.78, 5) is 0. The molecule has 1 aliphatic heterocycles. The van der Waals surface area contributed by atoms with Gasteiger partial charge in [0.25, 0.3) is 0 Å². The molecule has 1 fully saturated rings. The molecule has 0 unspecified atom stereocenters. The van der Waals surface area contributed by atoms with E-state index in [0.29, 0.717) is 19.4 Å². The van der Waals surface area contributed by atoms with E-state index < -0.39 is 0 Å². The lowest BCUT2D eigenvalue weighted by Crippen LogP contribution is -2.17. The fourth-order valence-corrected chi connectivity index (χ4v) is 0.975. The topological polar surface area (TPSA) is 44.5 Å². The summed E-state index contributed by atoms with van der Waals surface area (Å²) in [5.74, 6) is 0. The Morgan fingerprint density at radius 3 is 3.11 bits per heavy atom. The second-order valence-corrected chi connectivity index (χ2v) is 2.17. The normalized spacial score (nSPS) is 27.0. The molecule has 0 amide bonds. The predicted octanol–water partition coefficient (Wildman–Crippen LogP) is 0.0982. The van der Waals surface area contributed by atoms with Crippen LogP contribution in [-0.2, 0) is 9.47 Å². The van der Waals surface area contributed by atoms with Crippen LogP contribution in [0.2, 0.25) is 0 Å². The molecule has 0 saturated carbocycles.